The minimum atomic E-state index is -0.642. The van der Waals surface area contributed by atoms with Crippen LogP contribution in [0.1, 0.15) is 23.7 Å². The first-order valence-electron chi connectivity index (χ1n) is 7.16. The van der Waals surface area contributed by atoms with E-state index in [0.29, 0.717) is 0 Å². The van der Waals surface area contributed by atoms with Crippen LogP contribution in [0.25, 0.3) is 0 Å². The van der Waals surface area contributed by atoms with Crippen LogP contribution >= 0.6 is 0 Å². The normalized spacial score (nSPS) is 19.6. The van der Waals surface area contributed by atoms with Crippen molar-refractivity contribution in [3.05, 3.63) is 71.8 Å². The Labute approximate surface area is 120 Å². The maximum absolute atomic E-state index is 12.5. The Kier molecular flexibility index (Phi) is 3.93. The van der Waals surface area contributed by atoms with Crippen LogP contribution in [0.4, 0.5) is 0 Å². The molecule has 0 spiro atoms. The summed E-state index contributed by atoms with van der Waals surface area (Å²) >= 11 is 0. The molecule has 3 rings (SSSR count). The highest BCUT2D eigenvalue weighted by atomic mass is 16.3. The molecule has 0 radical (unpaired) electrons. The molecule has 2 aromatic carbocycles. The van der Waals surface area contributed by atoms with Crippen molar-refractivity contribution in [1.29, 1.82) is 0 Å². The van der Waals surface area contributed by atoms with E-state index in [1.165, 1.54) is 5.56 Å². The van der Waals surface area contributed by atoms with Gasteiger partial charge in [-0.3, -0.25) is 0 Å². The summed E-state index contributed by atoms with van der Waals surface area (Å²) in [7, 11) is 0. The lowest BCUT2D eigenvalue weighted by molar-refractivity contribution is -0.532. The van der Waals surface area contributed by atoms with Crippen molar-refractivity contribution in [2.75, 3.05) is 6.54 Å². The molecule has 0 saturated heterocycles. The summed E-state index contributed by atoms with van der Waals surface area (Å²) in [4.78, 5) is 0. The first-order valence-corrected chi connectivity index (χ1v) is 7.16. The van der Waals surface area contributed by atoms with E-state index in [1.807, 2.05) is 36.4 Å². The Morgan fingerprint density at radius 2 is 1.65 bits per heavy atom. The highest BCUT2D eigenvalue weighted by molar-refractivity contribution is 5.58. The van der Waals surface area contributed by atoms with Gasteiger partial charge in [0.15, 0.2) is 6.54 Å². The molecule has 0 amide bonds. The van der Waals surface area contributed by atoms with Gasteiger partial charge in [-0.25, -0.2) is 4.58 Å². The van der Waals surface area contributed by atoms with Crippen molar-refractivity contribution in [3.63, 3.8) is 0 Å². The summed E-state index contributed by atoms with van der Waals surface area (Å²) in [6.07, 6.45) is 2.45. The highest BCUT2D eigenvalue weighted by Crippen LogP contribution is 2.23. The molecule has 0 saturated carbocycles. The molecule has 2 aromatic rings. The first-order chi connectivity index (χ1) is 9.83. The third kappa shape index (κ3) is 2.97. The third-order valence-corrected chi connectivity index (χ3v) is 3.90. The zero-order chi connectivity index (χ0) is 13.8. The molecule has 1 aliphatic rings. The summed E-state index contributed by atoms with van der Waals surface area (Å²) in [5.41, 5.74) is 2.20. The van der Waals surface area contributed by atoms with Crippen LogP contribution in [-0.2, 0) is 6.54 Å². The van der Waals surface area contributed by atoms with Gasteiger partial charge in [0.25, 0.3) is 0 Å². The van der Waals surface area contributed by atoms with Crippen LogP contribution < -0.4 is 5.11 Å². The standard InChI is InChI=1S/C18H19NO/c20-18(16-9-5-2-6-10-16)17-11-12-19(14-17)13-15-7-3-1-4-8-15/h1-10,14,17-18H,11-13H2. The smallest absolute Gasteiger partial charge is 0.167 e. The predicted octanol–water partition coefficient (Wildman–Crippen LogP) is 2.39. The fourth-order valence-electron chi connectivity index (χ4n) is 2.80. The van der Waals surface area contributed by atoms with Crippen molar-refractivity contribution >= 4 is 6.21 Å². The predicted molar refractivity (Wildman–Crippen MR) is 78.6 cm³/mol. The van der Waals surface area contributed by atoms with Crippen LogP contribution in [0.5, 0.6) is 0 Å². The summed E-state index contributed by atoms with van der Waals surface area (Å²) in [5.74, 6) is 0.112. The number of hydrogen-bond acceptors (Lipinski definition) is 1. The number of nitrogens with zero attached hydrogens (tertiary/aromatic N) is 1. The molecule has 0 N–H and O–H groups in total. The molecular weight excluding hydrogens is 246 g/mol. The maximum Gasteiger partial charge on any atom is 0.167 e. The van der Waals surface area contributed by atoms with Crippen molar-refractivity contribution in [3.8, 4) is 0 Å². The van der Waals surface area contributed by atoms with Gasteiger partial charge in [-0.15, -0.1) is 0 Å². The van der Waals surface area contributed by atoms with Gasteiger partial charge >= 0.3 is 0 Å². The van der Waals surface area contributed by atoms with Gasteiger partial charge in [0.05, 0.1) is 0 Å². The second kappa shape index (κ2) is 6.02. The zero-order valence-corrected chi connectivity index (χ0v) is 11.5. The SMILES string of the molecule is [O-]C(c1ccccc1)C1C=[N+](Cc2ccccc2)CC1. The number of hydrogen-bond donors (Lipinski definition) is 0. The van der Waals surface area contributed by atoms with Gasteiger partial charge in [-0.05, 0) is 0 Å². The molecule has 0 aromatic heterocycles. The van der Waals surface area contributed by atoms with E-state index in [0.717, 1.165) is 25.1 Å². The Morgan fingerprint density at radius 3 is 2.35 bits per heavy atom. The van der Waals surface area contributed by atoms with E-state index in [9.17, 15) is 5.11 Å². The van der Waals surface area contributed by atoms with Gasteiger partial charge in [0.1, 0.15) is 12.8 Å². The molecule has 0 fully saturated rings. The van der Waals surface area contributed by atoms with Gasteiger partial charge in [-0.1, -0.05) is 72.3 Å². The fourth-order valence-corrected chi connectivity index (χ4v) is 2.80. The quantitative estimate of drug-likeness (QED) is 0.780. The number of rotatable bonds is 4. The molecular formula is C18H19NO. The molecule has 0 bridgehead atoms. The lowest BCUT2D eigenvalue weighted by atomic mass is 9.95. The fraction of sp³-hybridized carbons (Fsp3) is 0.278. The molecule has 102 valence electrons. The van der Waals surface area contributed by atoms with E-state index in [2.05, 4.69) is 35.1 Å². The summed E-state index contributed by atoms with van der Waals surface area (Å²) in [5, 5.41) is 12.5. The summed E-state index contributed by atoms with van der Waals surface area (Å²) in [6, 6.07) is 20.1. The van der Waals surface area contributed by atoms with E-state index in [1.54, 1.807) is 0 Å². The van der Waals surface area contributed by atoms with Crippen LogP contribution in [0.15, 0.2) is 60.7 Å². The zero-order valence-electron chi connectivity index (χ0n) is 11.5. The molecule has 2 nitrogen and oxygen atoms in total. The third-order valence-electron chi connectivity index (χ3n) is 3.90. The lowest BCUT2D eigenvalue weighted by Crippen LogP contribution is -2.25. The molecule has 20 heavy (non-hydrogen) atoms. The van der Waals surface area contributed by atoms with E-state index in [-0.39, 0.29) is 5.92 Å². The van der Waals surface area contributed by atoms with E-state index in [4.69, 9.17) is 0 Å². The molecule has 1 aliphatic heterocycles. The largest absolute Gasteiger partial charge is 0.848 e. The minimum Gasteiger partial charge on any atom is -0.848 e. The summed E-state index contributed by atoms with van der Waals surface area (Å²) < 4.78 is 2.27. The van der Waals surface area contributed by atoms with Crippen molar-refractivity contribution in [2.24, 2.45) is 5.92 Å². The van der Waals surface area contributed by atoms with E-state index < -0.39 is 6.10 Å². The Bertz CT molecular complexity index is 577. The van der Waals surface area contributed by atoms with Gasteiger partial charge in [0.2, 0.25) is 0 Å². The second-order valence-corrected chi connectivity index (χ2v) is 5.39. The summed E-state index contributed by atoms with van der Waals surface area (Å²) in [6.45, 7) is 1.88. The molecule has 2 heteroatoms. The van der Waals surface area contributed by atoms with Gasteiger partial charge in [0, 0.05) is 17.9 Å². The average molecular weight is 265 g/mol. The Morgan fingerprint density at radius 1 is 1.00 bits per heavy atom. The van der Waals surface area contributed by atoms with Crippen molar-refractivity contribution in [2.45, 2.75) is 19.1 Å². The Hall–Kier alpha value is -1.93. The molecule has 0 aliphatic carbocycles. The maximum atomic E-state index is 12.5. The van der Waals surface area contributed by atoms with Gasteiger partial charge in [-0.2, -0.15) is 0 Å². The second-order valence-electron chi connectivity index (χ2n) is 5.39. The average Bonchev–Trinajstić information content (AvgIpc) is 2.97. The molecule has 1 heterocycles. The highest BCUT2D eigenvalue weighted by Gasteiger charge is 2.24. The molecule has 2 unspecified atom stereocenters. The van der Waals surface area contributed by atoms with Crippen LogP contribution in [0.2, 0.25) is 0 Å². The van der Waals surface area contributed by atoms with E-state index >= 15 is 0 Å². The van der Waals surface area contributed by atoms with Crippen LogP contribution in [0, 0.1) is 5.92 Å². The monoisotopic (exact) mass is 265 g/mol. The van der Waals surface area contributed by atoms with Crippen LogP contribution in [-0.4, -0.2) is 17.3 Å². The first kappa shape index (κ1) is 13.1. The topological polar surface area (TPSA) is 26.1 Å². The molecule has 2 atom stereocenters. The van der Waals surface area contributed by atoms with Crippen molar-refractivity contribution in [1.82, 2.24) is 0 Å². The Balaban J connectivity index is 1.69. The van der Waals surface area contributed by atoms with Gasteiger partial charge < -0.3 is 5.11 Å². The van der Waals surface area contributed by atoms with Crippen LogP contribution in [0.3, 0.4) is 0 Å². The number of benzene rings is 2. The lowest BCUT2D eigenvalue weighted by Gasteiger charge is -2.25. The minimum absolute atomic E-state index is 0.112. The van der Waals surface area contributed by atoms with Crippen molar-refractivity contribution < 1.29 is 9.68 Å².